The number of benzene rings is 5. The fourth-order valence-corrected chi connectivity index (χ4v) is 8.68. The van der Waals surface area contributed by atoms with E-state index in [1.54, 1.807) is 0 Å². The number of ether oxygens (including phenoxy) is 1. The molecule has 5 aromatic carbocycles. The summed E-state index contributed by atoms with van der Waals surface area (Å²) in [5.41, 5.74) is 11.7. The molecule has 0 saturated carbocycles. The Balaban J connectivity index is 1.29. The molecule has 0 bridgehead atoms. The Morgan fingerprint density at radius 3 is 2.37 bits per heavy atom. The molecule has 246 valence electrons. The Morgan fingerprint density at radius 1 is 0.765 bits per heavy atom. The van der Waals surface area contributed by atoms with Crippen molar-refractivity contribution in [1.29, 1.82) is 0 Å². The molecule has 2 aliphatic heterocycles. The lowest BCUT2D eigenvalue weighted by atomic mass is 9.88. The van der Waals surface area contributed by atoms with E-state index in [2.05, 4.69) is 133 Å². The molecule has 0 radical (unpaired) electrons. The molecule has 0 aliphatic carbocycles. The van der Waals surface area contributed by atoms with Crippen LogP contribution in [-0.2, 0) is 5.41 Å². The molecule has 2 aliphatic rings. The number of para-hydroxylation sites is 3. The molecular weight excluding hydrogens is 631 g/mol. The molecule has 0 amide bonds. The Morgan fingerprint density at radius 2 is 1.55 bits per heavy atom. The smallest absolute Gasteiger partial charge is 0.317 e. The maximum Gasteiger partial charge on any atom is 0.317 e. The standard InChI is InChI=1S/C44H34N5O2/c1-24-11-10-12-25(2)38(24)47-23-46-49-40-36-31(43(47)49)22-30-28-14-7-9-16-33(28)50-41(30)42(36)51-34-18-17-29-27-13-6-8-15-32(27)48(39(29)37(34)40)35-21-26(19-20-45-35)44(3,4)5/h6-23,40H,1-5H3/q+1. The lowest BCUT2D eigenvalue weighted by Gasteiger charge is -2.25. The van der Waals surface area contributed by atoms with Crippen LogP contribution in [0.2, 0.25) is 0 Å². The number of rotatable bonds is 2. The van der Waals surface area contributed by atoms with Gasteiger partial charge in [-0.1, -0.05) is 75.4 Å². The monoisotopic (exact) mass is 664 g/mol. The zero-order valence-corrected chi connectivity index (χ0v) is 29.0. The predicted octanol–water partition coefficient (Wildman–Crippen LogP) is 10.2. The highest BCUT2D eigenvalue weighted by Gasteiger charge is 2.50. The first-order valence-corrected chi connectivity index (χ1v) is 17.5. The van der Waals surface area contributed by atoms with Gasteiger partial charge in [-0.3, -0.25) is 4.57 Å². The zero-order chi connectivity index (χ0) is 34.3. The van der Waals surface area contributed by atoms with E-state index in [0.717, 1.165) is 83.9 Å². The number of hydrogen-bond acceptors (Lipinski definition) is 4. The van der Waals surface area contributed by atoms with Crippen molar-refractivity contribution in [2.75, 3.05) is 0 Å². The minimum absolute atomic E-state index is 0.0402. The van der Waals surface area contributed by atoms with Crippen molar-refractivity contribution < 1.29 is 13.8 Å². The van der Waals surface area contributed by atoms with Gasteiger partial charge < -0.3 is 9.15 Å². The molecule has 6 heterocycles. The van der Waals surface area contributed by atoms with Crippen LogP contribution in [0.15, 0.2) is 114 Å². The Hall–Kier alpha value is -6.21. The third-order valence-corrected chi connectivity index (χ3v) is 11.0. The number of furan rings is 1. The van der Waals surface area contributed by atoms with Gasteiger partial charge in [0.15, 0.2) is 17.4 Å². The van der Waals surface area contributed by atoms with Gasteiger partial charge in [0.1, 0.15) is 22.8 Å². The fourth-order valence-electron chi connectivity index (χ4n) is 8.68. The molecule has 7 nitrogen and oxygen atoms in total. The number of nitrogens with zero attached hydrogens (tertiary/aromatic N) is 5. The van der Waals surface area contributed by atoms with Crippen LogP contribution < -0.4 is 9.42 Å². The van der Waals surface area contributed by atoms with Crippen molar-refractivity contribution in [1.82, 2.24) is 19.2 Å². The summed E-state index contributed by atoms with van der Waals surface area (Å²) in [7, 11) is 0. The first-order chi connectivity index (χ1) is 24.8. The molecule has 4 aromatic heterocycles. The van der Waals surface area contributed by atoms with Gasteiger partial charge in [-0.15, -0.1) is 4.68 Å². The highest BCUT2D eigenvalue weighted by atomic mass is 16.5. The van der Waals surface area contributed by atoms with Gasteiger partial charge >= 0.3 is 5.82 Å². The molecule has 0 spiro atoms. The molecule has 51 heavy (non-hydrogen) atoms. The number of hydrogen-bond donors (Lipinski definition) is 0. The molecule has 9 aromatic rings. The van der Waals surface area contributed by atoms with E-state index in [-0.39, 0.29) is 11.5 Å². The summed E-state index contributed by atoms with van der Waals surface area (Å²) in [4.78, 5) is 5.01. The van der Waals surface area contributed by atoms with Crippen molar-refractivity contribution in [3.8, 4) is 34.4 Å². The maximum atomic E-state index is 7.10. The van der Waals surface area contributed by atoms with E-state index in [4.69, 9.17) is 19.2 Å². The summed E-state index contributed by atoms with van der Waals surface area (Å²) in [6, 6.07) is 34.0. The van der Waals surface area contributed by atoms with Crippen LogP contribution in [0.3, 0.4) is 0 Å². The van der Waals surface area contributed by atoms with Crippen molar-refractivity contribution in [3.63, 3.8) is 0 Å². The summed E-state index contributed by atoms with van der Waals surface area (Å²) in [5, 5.41) is 9.62. The van der Waals surface area contributed by atoms with E-state index in [9.17, 15) is 0 Å². The van der Waals surface area contributed by atoms with E-state index in [1.807, 2.05) is 24.7 Å². The SMILES string of the molecule is Cc1cccc(C)c1-n1cn[n+]2c1-c1cc3c(oc4ccccc43)c3c1C2c1c(ccc2c4ccccc4n(-c4cc(C(C)(C)C)ccn4)c12)O3. The van der Waals surface area contributed by atoms with Gasteiger partial charge in [0, 0.05) is 27.7 Å². The van der Waals surface area contributed by atoms with Crippen molar-refractivity contribution >= 4 is 43.7 Å². The highest BCUT2D eigenvalue weighted by Crippen LogP contribution is 2.56. The summed E-state index contributed by atoms with van der Waals surface area (Å²) in [6.45, 7) is 11.1. The number of aromatic nitrogens is 5. The van der Waals surface area contributed by atoms with Crippen LogP contribution >= 0.6 is 0 Å². The first-order valence-electron chi connectivity index (χ1n) is 17.5. The van der Waals surface area contributed by atoms with Crippen LogP contribution in [0.5, 0.6) is 11.5 Å². The Kier molecular flexibility index (Phi) is 5.46. The minimum atomic E-state index is -0.269. The minimum Gasteiger partial charge on any atom is -0.452 e. The molecule has 0 fully saturated rings. The van der Waals surface area contributed by atoms with Gasteiger partial charge in [0.25, 0.3) is 0 Å². The fraction of sp³-hybridized carbons (Fsp3) is 0.159. The molecular formula is C44H34N5O2+. The second kappa shape index (κ2) is 9.73. The highest BCUT2D eigenvalue weighted by molar-refractivity contribution is 6.13. The van der Waals surface area contributed by atoms with E-state index < -0.39 is 0 Å². The summed E-state index contributed by atoms with van der Waals surface area (Å²) < 4.78 is 20.5. The second-order valence-corrected chi connectivity index (χ2v) is 15.0. The van der Waals surface area contributed by atoms with Gasteiger partial charge in [0.05, 0.1) is 27.7 Å². The molecule has 1 unspecified atom stereocenters. The average molecular weight is 665 g/mol. The van der Waals surface area contributed by atoms with E-state index in [0.29, 0.717) is 0 Å². The van der Waals surface area contributed by atoms with Crippen LogP contribution in [-0.4, -0.2) is 19.2 Å². The van der Waals surface area contributed by atoms with Crippen LogP contribution in [0.4, 0.5) is 0 Å². The van der Waals surface area contributed by atoms with Gasteiger partial charge in [-0.2, -0.15) is 4.57 Å². The van der Waals surface area contributed by atoms with E-state index >= 15 is 0 Å². The Labute approximate surface area is 294 Å². The lowest BCUT2D eigenvalue weighted by molar-refractivity contribution is -0.743. The quantitative estimate of drug-likeness (QED) is 0.173. The van der Waals surface area contributed by atoms with Crippen LogP contribution in [0, 0.1) is 13.8 Å². The van der Waals surface area contributed by atoms with Gasteiger partial charge in [-0.05, 0) is 83.5 Å². The molecule has 0 saturated heterocycles. The summed E-state index contributed by atoms with van der Waals surface area (Å²) in [6.07, 6.45) is 3.91. The van der Waals surface area contributed by atoms with E-state index in [1.165, 1.54) is 22.1 Å². The third-order valence-electron chi connectivity index (χ3n) is 11.0. The molecule has 11 rings (SSSR count). The van der Waals surface area contributed by atoms with Crippen LogP contribution in [0.1, 0.15) is 54.6 Å². The van der Waals surface area contributed by atoms with Gasteiger partial charge in [0.2, 0.25) is 6.33 Å². The average Bonchev–Trinajstić information content (AvgIpc) is 3.88. The normalized spacial score (nSPS) is 14.7. The number of fused-ring (bicyclic) bond motifs is 13. The Bertz CT molecular complexity index is 2950. The van der Waals surface area contributed by atoms with Crippen molar-refractivity contribution in [2.24, 2.45) is 0 Å². The number of pyridine rings is 1. The van der Waals surface area contributed by atoms with Crippen molar-refractivity contribution in [2.45, 2.75) is 46.1 Å². The predicted molar refractivity (Wildman–Crippen MR) is 201 cm³/mol. The third kappa shape index (κ3) is 3.70. The van der Waals surface area contributed by atoms with Gasteiger partial charge in [-0.25, -0.2) is 4.98 Å². The zero-order valence-electron chi connectivity index (χ0n) is 29.0. The molecule has 0 N–H and O–H groups in total. The first kappa shape index (κ1) is 28.6. The maximum absolute atomic E-state index is 7.10. The molecule has 1 atom stereocenters. The lowest BCUT2D eigenvalue weighted by Crippen LogP contribution is -2.41. The number of aryl methyl sites for hydroxylation is 2. The second-order valence-electron chi connectivity index (χ2n) is 15.0. The summed E-state index contributed by atoms with van der Waals surface area (Å²) >= 11 is 0. The van der Waals surface area contributed by atoms with Crippen molar-refractivity contribution in [3.05, 3.63) is 137 Å². The van der Waals surface area contributed by atoms with Crippen LogP contribution in [0.25, 0.3) is 66.6 Å². The topological polar surface area (TPSA) is 61.9 Å². The molecule has 7 heteroatoms. The largest absolute Gasteiger partial charge is 0.452 e. The summed E-state index contributed by atoms with van der Waals surface area (Å²) in [5.74, 6) is 3.44.